The maximum absolute atomic E-state index is 11.5. The van der Waals surface area contributed by atoms with Crippen molar-refractivity contribution in [1.82, 2.24) is 20.3 Å². The Morgan fingerprint density at radius 1 is 1.29 bits per heavy atom. The molecule has 0 unspecified atom stereocenters. The Kier molecular flexibility index (Phi) is 2.45. The maximum Gasteiger partial charge on any atom is 0.345 e. The Balaban J connectivity index is 2.22. The Morgan fingerprint density at radius 2 is 2.24 bits per heavy atom. The van der Waals surface area contributed by atoms with E-state index in [1.807, 2.05) is 18.2 Å². The highest BCUT2D eigenvalue weighted by Crippen LogP contribution is 2.21. The van der Waals surface area contributed by atoms with Crippen LogP contribution in [0.4, 0.5) is 0 Å². The molecule has 86 valence electrons. The van der Waals surface area contributed by atoms with Crippen LogP contribution in [0.3, 0.4) is 0 Å². The SMILES string of the molecule is O=c1nc(-c2ccccn2)c2c([nH]1)CCNC2. The fourth-order valence-corrected chi connectivity index (χ4v) is 2.09. The van der Waals surface area contributed by atoms with Crippen molar-refractivity contribution >= 4 is 0 Å². The average molecular weight is 228 g/mol. The van der Waals surface area contributed by atoms with Gasteiger partial charge in [-0.15, -0.1) is 0 Å². The van der Waals surface area contributed by atoms with E-state index < -0.39 is 0 Å². The van der Waals surface area contributed by atoms with Gasteiger partial charge in [-0.25, -0.2) is 4.79 Å². The van der Waals surface area contributed by atoms with E-state index in [0.29, 0.717) is 5.69 Å². The summed E-state index contributed by atoms with van der Waals surface area (Å²) in [6, 6.07) is 5.62. The third-order valence-electron chi connectivity index (χ3n) is 2.88. The van der Waals surface area contributed by atoms with Crippen LogP contribution in [0, 0.1) is 0 Å². The smallest absolute Gasteiger partial charge is 0.312 e. The van der Waals surface area contributed by atoms with Crippen molar-refractivity contribution in [2.45, 2.75) is 13.0 Å². The van der Waals surface area contributed by atoms with Crippen LogP contribution in [0.25, 0.3) is 11.4 Å². The highest BCUT2D eigenvalue weighted by molar-refractivity contribution is 5.59. The van der Waals surface area contributed by atoms with E-state index in [1.165, 1.54) is 0 Å². The molecular formula is C12H12N4O. The Labute approximate surface area is 97.9 Å². The van der Waals surface area contributed by atoms with Crippen LogP contribution in [-0.4, -0.2) is 21.5 Å². The first-order valence-electron chi connectivity index (χ1n) is 5.59. The lowest BCUT2D eigenvalue weighted by Gasteiger charge is -2.18. The second-order valence-corrected chi connectivity index (χ2v) is 3.99. The number of nitrogens with one attached hydrogen (secondary N) is 2. The number of hydrogen-bond donors (Lipinski definition) is 2. The molecule has 5 nitrogen and oxygen atoms in total. The number of fused-ring (bicyclic) bond motifs is 1. The van der Waals surface area contributed by atoms with Gasteiger partial charge in [0.2, 0.25) is 0 Å². The quantitative estimate of drug-likeness (QED) is 0.744. The van der Waals surface area contributed by atoms with Crippen LogP contribution < -0.4 is 11.0 Å². The fraction of sp³-hybridized carbons (Fsp3) is 0.250. The molecule has 2 N–H and O–H groups in total. The molecule has 0 bridgehead atoms. The third-order valence-corrected chi connectivity index (χ3v) is 2.88. The normalized spacial score (nSPS) is 14.4. The summed E-state index contributed by atoms with van der Waals surface area (Å²) >= 11 is 0. The van der Waals surface area contributed by atoms with Crippen LogP contribution in [0.15, 0.2) is 29.2 Å². The zero-order valence-corrected chi connectivity index (χ0v) is 9.23. The second-order valence-electron chi connectivity index (χ2n) is 3.99. The van der Waals surface area contributed by atoms with E-state index in [-0.39, 0.29) is 5.69 Å². The zero-order valence-electron chi connectivity index (χ0n) is 9.23. The van der Waals surface area contributed by atoms with Gasteiger partial charge in [-0.2, -0.15) is 4.98 Å². The molecule has 0 spiro atoms. The van der Waals surface area contributed by atoms with Gasteiger partial charge < -0.3 is 10.3 Å². The topological polar surface area (TPSA) is 70.7 Å². The standard InChI is InChI=1S/C12H12N4O/c17-12-15-9-4-6-13-7-8(9)11(16-12)10-3-1-2-5-14-10/h1-3,5,13H,4,6-7H2,(H,15,16,17). The molecule has 3 heterocycles. The van der Waals surface area contributed by atoms with Crippen molar-refractivity contribution in [1.29, 1.82) is 0 Å². The summed E-state index contributed by atoms with van der Waals surface area (Å²) < 4.78 is 0. The van der Waals surface area contributed by atoms with Crippen LogP contribution in [0.5, 0.6) is 0 Å². The first kappa shape index (κ1) is 10.2. The number of aromatic nitrogens is 3. The number of nitrogens with zero attached hydrogens (tertiary/aromatic N) is 2. The van der Waals surface area contributed by atoms with E-state index in [4.69, 9.17) is 0 Å². The predicted molar refractivity (Wildman–Crippen MR) is 63.5 cm³/mol. The molecular weight excluding hydrogens is 216 g/mol. The van der Waals surface area contributed by atoms with E-state index in [2.05, 4.69) is 20.3 Å². The molecule has 1 aliphatic heterocycles. The van der Waals surface area contributed by atoms with Crippen LogP contribution in [-0.2, 0) is 13.0 Å². The molecule has 3 rings (SSSR count). The van der Waals surface area contributed by atoms with Crippen molar-refractivity contribution in [3.63, 3.8) is 0 Å². The van der Waals surface area contributed by atoms with Gasteiger partial charge in [0, 0.05) is 37.0 Å². The second kappa shape index (κ2) is 4.10. The predicted octanol–water partition coefficient (Wildman–Crippen LogP) is 0.478. The highest BCUT2D eigenvalue weighted by Gasteiger charge is 2.17. The molecule has 0 saturated carbocycles. The zero-order chi connectivity index (χ0) is 11.7. The van der Waals surface area contributed by atoms with Crippen molar-refractivity contribution in [2.75, 3.05) is 6.54 Å². The summed E-state index contributed by atoms with van der Waals surface area (Å²) in [5.41, 5.74) is 3.17. The number of H-pyrrole nitrogens is 1. The van der Waals surface area contributed by atoms with Gasteiger partial charge in [0.25, 0.3) is 0 Å². The average Bonchev–Trinajstić information content (AvgIpc) is 2.39. The van der Waals surface area contributed by atoms with Gasteiger partial charge in [0.1, 0.15) is 5.69 Å². The monoisotopic (exact) mass is 228 g/mol. The first-order chi connectivity index (χ1) is 8.34. The Hall–Kier alpha value is -2.01. The van der Waals surface area contributed by atoms with Crippen molar-refractivity contribution < 1.29 is 0 Å². The number of pyridine rings is 1. The molecule has 17 heavy (non-hydrogen) atoms. The number of aromatic amines is 1. The van der Waals surface area contributed by atoms with E-state index in [1.54, 1.807) is 6.20 Å². The molecule has 0 fully saturated rings. The van der Waals surface area contributed by atoms with E-state index in [0.717, 1.165) is 36.5 Å². The summed E-state index contributed by atoms with van der Waals surface area (Å²) in [5.74, 6) is 0. The minimum absolute atomic E-state index is 0.300. The maximum atomic E-state index is 11.5. The van der Waals surface area contributed by atoms with Crippen molar-refractivity contribution in [3.8, 4) is 11.4 Å². The fourth-order valence-electron chi connectivity index (χ4n) is 2.09. The molecule has 1 aliphatic rings. The lowest BCUT2D eigenvalue weighted by atomic mass is 10.0. The molecule has 0 aliphatic carbocycles. The first-order valence-corrected chi connectivity index (χ1v) is 5.59. The Bertz CT molecular complexity index is 591. The van der Waals surface area contributed by atoms with Crippen LogP contribution in [0.1, 0.15) is 11.3 Å². The minimum atomic E-state index is -0.300. The van der Waals surface area contributed by atoms with E-state index in [9.17, 15) is 4.79 Å². The van der Waals surface area contributed by atoms with Gasteiger partial charge in [0.15, 0.2) is 0 Å². The molecule has 0 radical (unpaired) electrons. The molecule has 0 atom stereocenters. The van der Waals surface area contributed by atoms with Crippen LogP contribution >= 0.6 is 0 Å². The van der Waals surface area contributed by atoms with Gasteiger partial charge in [0.05, 0.1) is 5.69 Å². The van der Waals surface area contributed by atoms with Crippen LogP contribution in [0.2, 0.25) is 0 Å². The summed E-state index contributed by atoms with van der Waals surface area (Å²) in [5, 5.41) is 3.28. The van der Waals surface area contributed by atoms with Gasteiger partial charge >= 0.3 is 5.69 Å². The van der Waals surface area contributed by atoms with Gasteiger partial charge in [-0.1, -0.05) is 6.07 Å². The molecule has 0 amide bonds. The van der Waals surface area contributed by atoms with Crippen molar-refractivity contribution in [3.05, 3.63) is 46.1 Å². The largest absolute Gasteiger partial charge is 0.345 e. The highest BCUT2D eigenvalue weighted by atomic mass is 16.1. The lowest BCUT2D eigenvalue weighted by Crippen LogP contribution is -2.29. The molecule has 5 heteroatoms. The summed E-state index contributed by atoms with van der Waals surface area (Å²) in [6.07, 6.45) is 2.54. The minimum Gasteiger partial charge on any atom is -0.312 e. The number of rotatable bonds is 1. The molecule has 2 aromatic rings. The van der Waals surface area contributed by atoms with Gasteiger partial charge in [-0.3, -0.25) is 4.98 Å². The molecule has 0 aromatic carbocycles. The third kappa shape index (κ3) is 1.85. The Morgan fingerprint density at radius 3 is 3.06 bits per heavy atom. The lowest BCUT2D eigenvalue weighted by molar-refractivity contribution is 0.624. The van der Waals surface area contributed by atoms with Crippen molar-refractivity contribution in [2.24, 2.45) is 0 Å². The summed E-state index contributed by atoms with van der Waals surface area (Å²) in [7, 11) is 0. The summed E-state index contributed by atoms with van der Waals surface area (Å²) in [4.78, 5) is 22.6. The van der Waals surface area contributed by atoms with E-state index >= 15 is 0 Å². The summed E-state index contributed by atoms with van der Waals surface area (Å²) in [6.45, 7) is 1.61. The van der Waals surface area contributed by atoms with Gasteiger partial charge in [-0.05, 0) is 12.1 Å². The molecule has 2 aromatic heterocycles. The number of hydrogen-bond acceptors (Lipinski definition) is 4. The molecule has 0 saturated heterocycles.